The van der Waals surface area contributed by atoms with Crippen molar-refractivity contribution in [2.24, 2.45) is 0 Å². The molecule has 3 heteroatoms. The minimum Gasteiger partial charge on any atom is -0.392 e. The number of halogens is 1. The van der Waals surface area contributed by atoms with E-state index in [1.165, 1.54) is 0 Å². The van der Waals surface area contributed by atoms with Gasteiger partial charge in [0.15, 0.2) is 0 Å². The molecule has 0 radical (unpaired) electrons. The van der Waals surface area contributed by atoms with E-state index < -0.39 is 0 Å². The zero-order chi connectivity index (χ0) is 9.26. The van der Waals surface area contributed by atoms with Crippen LogP contribution in [0, 0.1) is 0 Å². The topological polar surface area (TPSA) is 33.1 Å². The Bertz CT molecular complexity index is 437. The third kappa shape index (κ3) is 1.39. The second kappa shape index (κ2) is 3.32. The smallest absolute Gasteiger partial charge is 0.137 e. The first-order valence-electron chi connectivity index (χ1n) is 3.96. The molecule has 0 saturated heterocycles. The van der Waals surface area contributed by atoms with Crippen LogP contribution in [0.1, 0.15) is 5.56 Å². The fourth-order valence-corrected chi connectivity index (χ4v) is 1.68. The summed E-state index contributed by atoms with van der Waals surface area (Å²) in [4.78, 5) is 3.97. The first-order valence-corrected chi connectivity index (χ1v) is 4.33. The normalized spacial score (nSPS) is 10.6. The molecule has 66 valence electrons. The minimum absolute atomic E-state index is 0.0112. The van der Waals surface area contributed by atoms with Crippen molar-refractivity contribution < 1.29 is 5.11 Å². The van der Waals surface area contributed by atoms with Gasteiger partial charge in [-0.05, 0) is 17.0 Å². The van der Waals surface area contributed by atoms with Crippen molar-refractivity contribution in [1.29, 1.82) is 0 Å². The number of hydrogen-bond donors (Lipinski definition) is 1. The lowest BCUT2D eigenvalue weighted by Gasteiger charge is -2.03. The van der Waals surface area contributed by atoms with E-state index in [0.29, 0.717) is 5.15 Å². The van der Waals surface area contributed by atoms with Crippen molar-refractivity contribution in [3.63, 3.8) is 0 Å². The lowest BCUT2D eigenvalue weighted by molar-refractivity contribution is 0.283. The fraction of sp³-hybridized carbons (Fsp3) is 0.100. The Morgan fingerprint density at radius 1 is 1.31 bits per heavy atom. The van der Waals surface area contributed by atoms with Crippen molar-refractivity contribution in [2.75, 3.05) is 0 Å². The fourth-order valence-electron chi connectivity index (χ4n) is 1.39. The maximum atomic E-state index is 9.07. The first kappa shape index (κ1) is 8.48. The quantitative estimate of drug-likeness (QED) is 0.706. The number of hydrogen-bond acceptors (Lipinski definition) is 2. The average molecular weight is 194 g/mol. The van der Waals surface area contributed by atoms with Crippen LogP contribution in [-0.2, 0) is 6.61 Å². The molecule has 1 heterocycles. The summed E-state index contributed by atoms with van der Waals surface area (Å²) >= 11 is 5.92. The predicted molar refractivity (Wildman–Crippen MR) is 52.7 cm³/mol. The van der Waals surface area contributed by atoms with Gasteiger partial charge in [-0.1, -0.05) is 29.8 Å². The zero-order valence-corrected chi connectivity index (χ0v) is 7.62. The van der Waals surface area contributed by atoms with Crippen LogP contribution in [0.25, 0.3) is 10.8 Å². The maximum Gasteiger partial charge on any atom is 0.137 e. The van der Waals surface area contributed by atoms with Gasteiger partial charge in [-0.25, -0.2) is 4.98 Å². The van der Waals surface area contributed by atoms with Gasteiger partial charge in [0.05, 0.1) is 6.61 Å². The van der Waals surface area contributed by atoms with E-state index in [4.69, 9.17) is 16.7 Å². The monoisotopic (exact) mass is 193 g/mol. The minimum atomic E-state index is -0.0112. The van der Waals surface area contributed by atoms with Gasteiger partial charge in [-0.3, -0.25) is 0 Å². The molecule has 1 aromatic carbocycles. The highest BCUT2D eigenvalue weighted by molar-refractivity contribution is 6.34. The summed E-state index contributed by atoms with van der Waals surface area (Å²) in [6.07, 6.45) is 1.66. The van der Waals surface area contributed by atoms with Gasteiger partial charge in [-0.2, -0.15) is 0 Å². The lowest BCUT2D eigenvalue weighted by atomic mass is 10.1. The zero-order valence-electron chi connectivity index (χ0n) is 6.87. The van der Waals surface area contributed by atoms with E-state index in [-0.39, 0.29) is 6.61 Å². The van der Waals surface area contributed by atoms with Crippen LogP contribution in [0.15, 0.2) is 30.5 Å². The molecule has 1 N–H and O–H groups in total. The average Bonchev–Trinajstić information content (AvgIpc) is 2.17. The predicted octanol–water partition coefficient (Wildman–Crippen LogP) is 2.38. The summed E-state index contributed by atoms with van der Waals surface area (Å²) in [5.74, 6) is 0. The molecule has 0 aliphatic rings. The number of nitrogens with zero attached hydrogens (tertiary/aromatic N) is 1. The van der Waals surface area contributed by atoms with Crippen molar-refractivity contribution in [1.82, 2.24) is 4.98 Å². The van der Waals surface area contributed by atoms with E-state index in [0.717, 1.165) is 16.3 Å². The molecule has 0 bridgehead atoms. The second-order valence-electron chi connectivity index (χ2n) is 2.78. The molecule has 13 heavy (non-hydrogen) atoms. The third-order valence-electron chi connectivity index (χ3n) is 2.00. The van der Waals surface area contributed by atoms with Crippen molar-refractivity contribution in [3.05, 3.63) is 41.2 Å². The van der Waals surface area contributed by atoms with Crippen LogP contribution in [0.2, 0.25) is 5.15 Å². The molecule has 0 aliphatic heterocycles. The summed E-state index contributed by atoms with van der Waals surface area (Å²) in [5.41, 5.74) is 0.815. The first-order chi connectivity index (χ1) is 6.33. The number of aliphatic hydroxyl groups excluding tert-OH is 1. The molecule has 0 unspecified atom stereocenters. The highest BCUT2D eigenvalue weighted by Gasteiger charge is 2.03. The van der Waals surface area contributed by atoms with E-state index in [2.05, 4.69) is 4.98 Å². The lowest BCUT2D eigenvalue weighted by Crippen LogP contribution is -1.87. The maximum absolute atomic E-state index is 9.07. The molecular weight excluding hydrogens is 186 g/mol. The summed E-state index contributed by atoms with van der Waals surface area (Å²) in [6, 6.07) is 7.56. The summed E-state index contributed by atoms with van der Waals surface area (Å²) < 4.78 is 0. The summed E-state index contributed by atoms with van der Waals surface area (Å²) in [6.45, 7) is -0.0112. The number of fused-ring (bicyclic) bond motifs is 1. The van der Waals surface area contributed by atoms with E-state index in [1.807, 2.05) is 24.3 Å². The SMILES string of the molecule is OCc1cccc2ccnc(Cl)c12. The van der Waals surface area contributed by atoms with Gasteiger partial charge in [0.1, 0.15) is 5.15 Å². The number of benzene rings is 1. The van der Waals surface area contributed by atoms with E-state index in [9.17, 15) is 0 Å². The number of pyridine rings is 1. The third-order valence-corrected chi connectivity index (χ3v) is 2.29. The Kier molecular flexibility index (Phi) is 2.17. The second-order valence-corrected chi connectivity index (χ2v) is 3.13. The highest BCUT2D eigenvalue weighted by atomic mass is 35.5. The Hall–Kier alpha value is -1.12. The molecule has 0 saturated carbocycles. The van der Waals surface area contributed by atoms with Crippen LogP contribution >= 0.6 is 11.6 Å². The Morgan fingerprint density at radius 3 is 2.92 bits per heavy atom. The van der Waals surface area contributed by atoms with Crippen LogP contribution in [-0.4, -0.2) is 10.1 Å². The van der Waals surface area contributed by atoms with Gasteiger partial charge in [-0.15, -0.1) is 0 Å². The molecule has 2 aromatic rings. The molecule has 0 fully saturated rings. The largest absolute Gasteiger partial charge is 0.392 e. The number of aliphatic hydroxyl groups is 1. The summed E-state index contributed by atoms with van der Waals surface area (Å²) in [5, 5.41) is 11.4. The molecule has 2 rings (SSSR count). The van der Waals surface area contributed by atoms with Gasteiger partial charge in [0.2, 0.25) is 0 Å². The van der Waals surface area contributed by atoms with Crippen LogP contribution in [0.3, 0.4) is 0 Å². The molecule has 1 aromatic heterocycles. The van der Waals surface area contributed by atoms with Crippen LogP contribution in [0.4, 0.5) is 0 Å². The van der Waals surface area contributed by atoms with Gasteiger partial charge in [0.25, 0.3) is 0 Å². The van der Waals surface area contributed by atoms with Gasteiger partial charge in [0, 0.05) is 11.6 Å². The molecule has 0 aliphatic carbocycles. The molecule has 0 amide bonds. The Labute approximate surface area is 80.8 Å². The molecule has 2 nitrogen and oxygen atoms in total. The van der Waals surface area contributed by atoms with Crippen LogP contribution in [0.5, 0.6) is 0 Å². The van der Waals surface area contributed by atoms with E-state index >= 15 is 0 Å². The highest BCUT2D eigenvalue weighted by Crippen LogP contribution is 2.24. The molecule has 0 atom stereocenters. The number of aromatic nitrogens is 1. The Morgan fingerprint density at radius 2 is 2.15 bits per heavy atom. The number of rotatable bonds is 1. The van der Waals surface area contributed by atoms with Gasteiger partial charge < -0.3 is 5.11 Å². The van der Waals surface area contributed by atoms with Crippen LogP contribution < -0.4 is 0 Å². The van der Waals surface area contributed by atoms with E-state index in [1.54, 1.807) is 6.20 Å². The molecular formula is C10H8ClNO. The van der Waals surface area contributed by atoms with Crippen molar-refractivity contribution in [3.8, 4) is 0 Å². The molecule has 0 spiro atoms. The Balaban J connectivity index is 2.87. The van der Waals surface area contributed by atoms with Crippen molar-refractivity contribution >= 4 is 22.4 Å². The summed E-state index contributed by atoms with van der Waals surface area (Å²) in [7, 11) is 0. The standard InChI is InChI=1S/C10H8ClNO/c11-10-9-7(4-5-12-10)2-1-3-8(9)6-13/h1-5,13H,6H2. The van der Waals surface area contributed by atoms with Crippen molar-refractivity contribution in [2.45, 2.75) is 6.61 Å². The van der Waals surface area contributed by atoms with Gasteiger partial charge >= 0.3 is 0 Å².